The van der Waals surface area contributed by atoms with Crippen LogP contribution in [0, 0.1) is 0 Å². The molecule has 0 aliphatic heterocycles. The number of para-hydroxylation sites is 1. The van der Waals surface area contributed by atoms with Gasteiger partial charge in [0.1, 0.15) is 5.75 Å². The van der Waals surface area contributed by atoms with Gasteiger partial charge in [-0.2, -0.15) is 0 Å². The molecule has 0 aromatic heterocycles. The van der Waals surface area contributed by atoms with Crippen LogP contribution in [0.4, 0.5) is 17.1 Å². The highest BCUT2D eigenvalue weighted by atomic mass is 35.5. The first kappa shape index (κ1) is 15.0. The second-order valence-corrected chi connectivity index (χ2v) is 4.66. The summed E-state index contributed by atoms with van der Waals surface area (Å²) in [6.45, 7) is 0. The second kappa shape index (κ2) is 6.37. The standard InChI is InChI=1S/C15H15ClN2O3/c1-20-13-7-6-9(16)8-12(13)18-11-5-3-4-10(14(11)17)15(19)21-2/h3-8,18H,17H2,1-2H3. The van der Waals surface area contributed by atoms with E-state index >= 15 is 0 Å². The van der Waals surface area contributed by atoms with E-state index in [9.17, 15) is 4.79 Å². The van der Waals surface area contributed by atoms with Crippen molar-refractivity contribution in [3.05, 3.63) is 47.0 Å². The van der Waals surface area contributed by atoms with Gasteiger partial charge in [0.05, 0.1) is 36.8 Å². The molecular formula is C15H15ClN2O3. The summed E-state index contributed by atoms with van der Waals surface area (Å²) < 4.78 is 9.95. The van der Waals surface area contributed by atoms with Crippen LogP contribution in [0.25, 0.3) is 0 Å². The van der Waals surface area contributed by atoms with E-state index in [1.807, 2.05) is 0 Å². The smallest absolute Gasteiger partial charge is 0.340 e. The van der Waals surface area contributed by atoms with E-state index in [0.29, 0.717) is 33.4 Å². The molecule has 21 heavy (non-hydrogen) atoms. The van der Waals surface area contributed by atoms with Gasteiger partial charge in [-0.1, -0.05) is 17.7 Å². The third-order valence-electron chi connectivity index (χ3n) is 2.94. The molecule has 0 fully saturated rings. The topological polar surface area (TPSA) is 73.6 Å². The lowest BCUT2D eigenvalue weighted by Gasteiger charge is -2.14. The van der Waals surface area contributed by atoms with Crippen molar-refractivity contribution in [2.45, 2.75) is 0 Å². The number of nitrogen functional groups attached to an aromatic ring is 1. The summed E-state index contributed by atoms with van der Waals surface area (Å²) in [6, 6.07) is 10.2. The normalized spacial score (nSPS) is 10.0. The van der Waals surface area contributed by atoms with Crippen molar-refractivity contribution < 1.29 is 14.3 Å². The van der Waals surface area contributed by atoms with Gasteiger partial charge in [-0.3, -0.25) is 0 Å². The molecule has 2 aromatic carbocycles. The summed E-state index contributed by atoms with van der Waals surface area (Å²) in [5.74, 6) is 0.122. The zero-order chi connectivity index (χ0) is 15.4. The lowest BCUT2D eigenvalue weighted by atomic mass is 10.1. The van der Waals surface area contributed by atoms with E-state index in [4.69, 9.17) is 26.8 Å². The number of carbonyl (C=O) groups excluding carboxylic acids is 1. The number of hydrogen-bond acceptors (Lipinski definition) is 5. The molecule has 2 rings (SSSR count). The van der Waals surface area contributed by atoms with Crippen LogP contribution in [0.5, 0.6) is 5.75 Å². The van der Waals surface area contributed by atoms with Crippen LogP contribution in [0.3, 0.4) is 0 Å². The van der Waals surface area contributed by atoms with Crippen molar-refractivity contribution in [2.75, 3.05) is 25.3 Å². The summed E-state index contributed by atoms with van der Waals surface area (Å²) in [4.78, 5) is 11.6. The number of benzene rings is 2. The molecule has 0 saturated carbocycles. The van der Waals surface area contributed by atoms with Crippen molar-refractivity contribution in [1.82, 2.24) is 0 Å². The van der Waals surface area contributed by atoms with Crippen LogP contribution in [-0.2, 0) is 4.74 Å². The molecule has 6 heteroatoms. The minimum absolute atomic E-state index is 0.295. The van der Waals surface area contributed by atoms with Gasteiger partial charge in [0.15, 0.2) is 0 Å². The molecule has 0 atom stereocenters. The first-order valence-electron chi connectivity index (χ1n) is 6.14. The Morgan fingerprint density at radius 2 is 1.95 bits per heavy atom. The van der Waals surface area contributed by atoms with Gasteiger partial charge in [0.2, 0.25) is 0 Å². The molecule has 0 amide bonds. The number of halogens is 1. The third-order valence-corrected chi connectivity index (χ3v) is 3.18. The Hall–Kier alpha value is -2.40. The summed E-state index contributed by atoms with van der Waals surface area (Å²) in [5.41, 5.74) is 7.81. The Labute approximate surface area is 127 Å². The highest BCUT2D eigenvalue weighted by molar-refractivity contribution is 6.31. The highest BCUT2D eigenvalue weighted by Crippen LogP contribution is 2.33. The molecular weight excluding hydrogens is 292 g/mol. The number of nitrogens with two attached hydrogens (primary N) is 1. The van der Waals surface area contributed by atoms with Crippen LogP contribution in [-0.4, -0.2) is 20.2 Å². The van der Waals surface area contributed by atoms with Gasteiger partial charge in [-0.25, -0.2) is 4.79 Å². The van der Waals surface area contributed by atoms with Crippen molar-refractivity contribution >= 4 is 34.6 Å². The predicted octanol–water partition coefficient (Wildman–Crippen LogP) is 3.46. The summed E-state index contributed by atoms with van der Waals surface area (Å²) >= 11 is 5.98. The molecule has 110 valence electrons. The van der Waals surface area contributed by atoms with Crippen molar-refractivity contribution in [1.29, 1.82) is 0 Å². The average Bonchev–Trinajstić information content (AvgIpc) is 2.49. The maximum atomic E-state index is 11.6. The molecule has 0 radical (unpaired) electrons. The number of ether oxygens (including phenoxy) is 2. The number of nitrogens with one attached hydrogen (secondary N) is 1. The van der Waals surface area contributed by atoms with Gasteiger partial charge in [0, 0.05) is 5.02 Å². The van der Waals surface area contributed by atoms with Crippen LogP contribution in [0.2, 0.25) is 5.02 Å². The van der Waals surface area contributed by atoms with Gasteiger partial charge in [-0.05, 0) is 30.3 Å². The molecule has 0 aliphatic rings. The molecule has 0 heterocycles. The number of anilines is 3. The van der Waals surface area contributed by atoms with Crippen molar-refractivity contribution in [3.8, 4) is 5.75 Å². The molecule has 0 unspecified atom stereocenters. The number of rotatable bonds is 4. The van der Waals surface area contributed by atoms with Crippen LogP contribution in [0.15, 0.2) is 36.4 Å². The maximum absolute atomic E-state index is 11.6. The Morgan fingerprint density at radius 3 is 2.62 bits per heavy atom. The number of esters is 1. The number of hydrogen-bond donors (Lipinski definition) is 2. The second-order valence-electron chi connectivity index (χ2n) is 4.23. The van der Waals surface area contributed by atoms with Crippen LogP contribution >= 0.6 is 11.6 Å². The Bertz CT molecular complexity index is 674. The number of carbonyl (C=O) groups is 1. The van der Waals surface area contributed by atoms with E-state index in [1.54, 1.807) is 43.5 Å². The average molecular weight is 307 g/mol. The quantitative estimate of drug-likeness (QED) is 0.668. The zero-order valence-electron chi connectivity index (χ0n) is 11.6. The summed E-state index contributed by atoms with van der Waals surface area (Å²) in [7, 11) is 2.87. The van der Waals surface area contributed by atoms with Gasteiger partial charge < -0.3 is 20.5 Å². The van der Waals surface area contributed by atoms with E-state index in [2.05, 4.69) is 5.32 Å². The number of methoxy groups -OCH3 is 2. The zero-order valence-corrected chi connectivity index (χ0v) is 12.4. The van der Waals surface area contributed by atoms with Crippen LogP contribution in [0.1, 0.15) is 10.4 Å². The van der Waals surface area contributed by atoms with E-state index < -0.39 is 5.97 Å². The Kier molecular flexibility index (Phi) is 4.55. The van der Waals surface area contributed by atoms with Gasteiger partial charge in [0.25, 0.3) is 0 Å². The van der Waals surface area contributed by atoms with Crippen LogP contribution < -0.4 is 15.8 Å². The molecule has 0 spiro atoms. The highest BCUT2D eigenvalue weighted by Gasteiger charge is 2.14. The third kappa shape index (κ3) is 3.20. The largest absolute Gasteiger partial charge is 0.495 e. The fourth-order valence-electron chi connectivity index (χ4n) is 1.89. The Morgan fingerprint density at radius 1 is 1.19 bits per heavy atom. The first-order chi connectivity index (χ1) is 10.1. The first-order valence-corrected chi connectivity index (χ1v) is 6.52. The minimum Gasteiger partial charge on any atom is -0.495 e. The van der Waals surface area contributed by atoms with E-state index in [1.165, 1.54) is 7.11 Å². The predicted molar refractivity (Wildman–Crippen MR) is 83.5 cm³/mol. The van der Waals surface area contributed by atoms with Crippen molar-refractivity contribution in [3.63, 3.8) is 0 Å². The summed E-state index contributed by atoms with van der Waals surface area (Å²) in [6.07, 6.45) is 0. The Balaban J connectivity index is 2.41. The SMILES string of the molecule is COC(=O)c1cccc(Nc2cc(Cl)ccc2OC)c1N. The maximum Gasteiger partial charge on any atom is 0.340 e. The molecule has 3 N–H and O–H groups in total. The molecule has 0 saturated heterocycles. The van der Waals surface area contributed by atoms with Gasteiger partial charge >= 0.3 is 5.97 Å². The van der Waals surface area contributed by atoms with Crippen molar-refractivity contribution in [2.24, 2.45) is 0 Å². The molecule has 5 nitrogen and oxygen atoms in total. The van der Waals surface area contributed by atoms with Gasteiger partial charge in [-0.15, -0.1) is 0 Å². The molecule has 0 bridgehead atoms. The molecule has 0 aliphatic carbocycles. The lowest BCUT2D eigenvalue weighted by molar-refractivity contribution is 0.0602. The lowest BCUT2D eigenvalue weighted by Crippen LogP contribution is -2.07. The summed E-state index contributed by atoms with van der Waals surface area (Å²) in [5, 5.41) is 3.67. The van der Waals surface area contributed by atoms with E-state index in [0.717, 1.165) is 0 Å². The minimum atomic E-state index is -0.491. The fraction of sp³-hybridized carbons (Fsp3) is 0.133. The fourth-order valence-corrected chi connectivity index (χ4v) is 2.06. The molecule has 2 aromatic rings. The monoisotopic (exact) mass is 306 g/mol. The van der Waals surface area contributed by atoms with E-state index in [-0.39, 0.29) is 0 Å².